The lowest BCUT2D eigenvalue weighted by Crippen LogP contribution is -2.43. The predicted molar refractivity (Wildman–Crippen MR) is 117 cm³/mol. The van der Waals surface area contributed by atoms with Gasteiger partial charge in [0.2, 0.25) is 0 Å². The van der Waals surface area contributed by atoms with Crippen molar-refractivity contribution in [1.29, 1.82) is 0 Å². The molecule has 3 aromatic rings. The summed E-state index contributed by atoms with van der Waals surface area (Å²) in [5.41, 5.74) is 0.711. The van der Waals surface area contributed by atoms with Crippen molar-refractivity contribution >= 4 is 58.0 Å². The quantitative estimate of drug-likeness (QED) is 0.257. The highest BCUT2D eigenvalue weighted by Crippen LogP contribution is 2.74. The molecule has 2 N–H and O–H groups in total. The number of carbonyl (C=O) groups is 1. The number of aliphatic carboxylic acids is 1. The zero-order chi connectivity index (χ0) is 20.8. The van der Waals surface area contributed by atoms with Gasteiger partial charge in [-0.05, 0) is 29.2 Å². The summed E-state index contributed by atoms with van der Waals surface area (Å²) in [6, 6.07) is 11.7. The van der Waals surface area contributed by atoms with Crippen molar-refractivity contribution < 1.29 is 22.7 Å². The highest BCUT2D eigenvalue weighted by Gasteiger charge is 2.67. The third-order valence-corrected chi connectivity index (χ3v) is 13.9. The normalized spacial score (nSPS) is 21.9. The van der Waals surface area contributed by atoms with E-state index in [4.69, 9.17) is 4.31 Å². The Hall–Kier alpha value is -1.70. The van der Waals surface area contributed by atoms with Gasteiger partial charge in [-0.25, -0.2) is 22.6 Å². The maximum Gasteiger partial charge on any atom is 0.336 e. The van der Waals surface area contributed by atoms with E-state index in [1.165, 1.54) is 12.1 Å². The lowest BCUT2D eigenvalue weighted by Gasteiger charge is -2.13. The molecule has 2 atom stereocenters. The van der Waals surface area contributed by atoms with Gasteiger partial charge in [0, 0.05) is 0 Å². The van der Waals surface area contributed by atoms with Crippen molar-refractivity contribution in [3.63, 3.8) is 0 Å². The smallest absolute Gasteiger partial charge is 0.336 e. The molecule has 0 unspecified atom stereocenters. The monoisotopic (exact) mass is 565 g/mol. The molecule has 0 spiro atoms. The Morgan fingerprint density at radius 1 is 1.31 bits per heavy atom. The molecule has 1 aliphatic heterocycles. The van der Waals surface area contributed by atoms with Gasteiger partial charge in [-0.3, -0.25) is 0 Å². The lowest BCUT2D eigenvalue weighted by atomic mass is 10.1. The minimum Gasteiger partial charge on any atom is -0.479 e. The summed E-state index contributed by atoms with van der Waals surface area (Å²) in [6.07, 6.45) is 0. The third-order valence-electron chi connectivity index (χ3n) is 4.21. The number of nitrogens with one attached hydrogen (secondary N) is 1. The zero-order valence-corrected chi connectivity index (χ0v) is 19.1. The number of halogens is 2. The van der Waals surface area contributed by atoms with Crippen LogP contribution in [0, 0.1) is 4.31 Å². The van der Waals surface area contributed by atoms with Crippen LogP contribution < -0.4 is 4.72 Å². The molecule has 3 heterocycles. The number of benzene rings is 1. The Morgan fingerprint density at radius 2 is 2.03 bits per heavy atom. The molecule has 0 saturated carbocycles. The molecule has 152 valence electrons. The van der Waals surface area contributed by atoms with Crippen molar-refractivity contribution in [3.8, 4) is 15.0 Å². The number of alkyl halides is 3. The molecule has 0 radical (unpaired) electrons. The number of hydrogen-bond acceptors (Lipinski definition) is 7. The summed E-state index contributed by atoms with van der Waals surface area (Å²) >= 11 is -0.877. The highest BCUT2D eigenvalue weighted by atomic mass is 127. The summed E-state index contributed by atoms with van der Waals surface area (Å²) < 4.78 is 48.8. The van der Waals surface area contributed by atoms with Gasteiger partial charge in [0.05, 0.1) is 8.80 Å². The number of aromatic nitrogens is 2. The van der Waals surface area contributed by atoms with E-state index in [1.807, 2.05) is 0 Å². The number of nitrogens with zero attached hydrogens (tertiary/aromatic N) is 2. The number of carboxylic acid groups (broad SMARTS) is 1. The molecule has 0 aliphatic carbocycles. The van der Waals surface area contributed by atoms with Crippen molar-refractivity contribution in [2.24, 2.45) is 0 Å². The van der Waals surface area contributed by atoms with Crippen molar-refractivity contribution in [2.75, 3.05) is 0 Å². The van der Waals surface area contributed by atoms with E-state index in [1.54, 1.807) is 30.3 Å². The Labute approximate surface area is 180 Å². The minimum atomic E-state index is -4.14. The Morgan fingerprint density at radius 3 is 2.66 bits per heavy atom. The maximum absolute atomic E-state index is 12.9. The second-order valence-corrected chi connectivity index (χ2v) is 14.7. The first-order chi connectivity index (χ1) is 13.8. The van der Waals surface area contributed by atoms with E-state index in [-0.39, 0.29) is 15.0 Å². The number of carboxylic acids is 1. The van der Waals surface area contributed by atoms with Crippen LogP contribution in [0.2, 0.25) is 0 Å². The van der Waals surface area contributed by atoms with Crippen molar-refractivity contribution in [2.45, 2.75) is 18.4 Å². The third kappa shape index (κ3) is 3.53. The van der Waals surface area contributed by atoms with E-state index in [0.717, 1.165) is 22.9 Å². The summed E-state index contributed by atoms with van der Waals surface area (Å²) in [7, 11) is -4.14. The van der Waals surface area contributed by atoms with Gasteiger partial charge in [0.1, 0.15) is 15.9 Å². The standard InChI is InChI=1S/C17H13FIN3O4S3/c1-19-14(10-5-3-2-4-6-10)17(19,16(23)24)22-29(25,26)13-8-7-11(27-13)15-20-12(9-18)28-21-15/h1-8,14,22H,9H2,(H,23,24)/t14-,17+/m1/s1. The topological polar surface area (TPSA) is 109 Å². The van der Waals surface area contributed by atoms with Gasteiger partial charge >= 0.3 is 5.97 Å². The van der Waals surface area contributed by atoms with E-state index >= 15 is 0 Å². The first kappa shape index (κ1) is 20.6. The SMILES string of the molecule is C#I1[C@H](c2ccccc2)[C@]1(NS(=O)(=O)c1ccc(-c2nsc(CF)n2)s1)C(=O)O. The van der Waals surface area contributed by atoms with Crippen LogP contribution in [0.5, 0.6) is 0 Å². The molecular weight excluding hydrogens is 552 g/mol. The van der Waals surface area contributed by atoms with Crippen LogP contribution in [-0.4, -0.2) is 32.4 Å². The molecular formula is C17H13FIN3O4S3. The zero-order valence-electron chi connectivity index (χ0n) is 14.5. The number of rotatable bonds is 7. The van der Waals surface area contributed by atoms with Gasteiger partial charge in [0.15, 0.2) is 9.37 Å². The fraction of sp³-hybridized carbons (Fsp3) is 0.176. The van der Waals surface area contributed by atoms with E-state index in [0.29, 0.717) is 10.4 Å². The van der Waals surface area contributed by atoms with Crippen LogP contribution in [0.3, 0.4) is 0 Å². The summed E-state index contributed by atoms with van der Waals surface area (Å²) in [4.78, 5) is 16.5. The first-order valence-corrected chi connectivity index (χ1v) is 14.7. The summed E-state index contributed by atoms with van der Waals surface area (Å²) in [5.74, 6) is -1.03. The minimum absolute atomic E-state index is 0.0762. The second-order valence-electron chi connectivity index (χ2n) is 6.00. The van der Waals surface area contributed by atoms with Crippen molar-refractivity contribution in [3.05, 3.63) is 53.0 Å². The van der Waals surface area contributed by atoms with Gasteiger partial charge < -0.3 is 5.11 Å². The molecule has 1 fully saturated rings. The average Bonchev–Trinajstić information content (AvgIpc) is 3.13. The number of hydrogen-bond donors (Lipinski definition) is 2. The Bertz CT molecular complexity index is 1270. The summed E-state index contributed by atoms with van der Waals surface area (Å²) in [5, 5.41) is 10.0. The fourth-order valence-corrected chi connectivity index (χ4v) is 12.7. The molecule has 0 amide bonds. The van der Waals surface area contributed by atoms with Crippen LogP contribution in [0.15, 0.2) is 46.7 Å². The van der Waals surface area contributed by atoms with Gasteiger partial charge in [-0.2, -0.15) is 9.10 Å². The van der Waals surface area contributed by atoms with Crippen LogP contribution in [0.4, 0.5) is 4.39 Å². The van der Waals surface area contributed by atoms with Gasteiger partial charge in [-0.15, -0.1) is 15.6 Å². The molecule has 1 saturated heterocycles. The first-order valence-electron chi connectivity index (χ1n) is 8.03. The molecule has 2 aromatic heterocycles. The molecule has 12 heteroatoms. The van der Waals surface area contributed by atoms with Gasteiger partial charge in [-0.1, -0.05) is 49.5 Å². The van der Waals surface area contributed by atoms with Crippen LogP contribution in [0.25, 0.3) is 10.7 Å². The van der Waals surface area contributed by atoms with Gasteiger partial charge in [0.25, 0.3) is 10.0 Å². The lowest BCUT2D eigenvalue weighted by molar-refractivity contribution is -0.139. The number of sulfonamides is 1. The van der Waals surface area contributed by atoms with E-state index in [9.17, 15) is 22.7 Å². The Balaban J connectivity index is 1.64. The maximum atomic E-state index is 12.9. The molecule has 1 aromatic carbocycles. The second kappa shape index (κ2) is 7.52. The largest absolute Gasteiger partial charge is 0.479 e. The Kier molecular flexibility index (Phi) is 5.34. The predicted octanol–water partition coefficient (Wildman–Crippen LogP) is 3.65. The van der Waals surface area contributed by atoms with E-state index in [2.05, 4.69) is 14.1 Å². The molecule has 4 rings (SSSR count). The average molecular weight is 565 g/mol. The van der Waals surface area contributed by atoms with Crippen LogP contribution in [0.1, 0.15) is 14.5 Å². The van der Waals surface area contributed by atoms with E-state index < -0.39 is 49.3 Å². The molecule has 1 aliphatic rings. The van der Waals surface area contributed by atoms with Crippen LogP contribution in [-0.2, 0) is 21.5 Å². The number of thiophene rings is 1. The summed E-state index contributed by atoms with van der Waals surface area (Å²) in [6.45, 7) is -0.749. The fourth-order valence-electron chi connectivity index (χ4n) is 2.83. The molecule has 29 heavy (non-hydrogen) atoms. The van der Waals surface area contributed by atoms with Crippen LogP contribution >= 0.6 is 42.0 Å². The molecule has 7 nitrogen and oxygen atoms in total. The van der Waals surface area contributed by atoms with Crippen molar-refractivity contribution in [1.82, 2.24) is 14.1 Å². The highest BCUT2D eigenvalue weighted by molar-refractivity contribution is 14.2. The molecule has 0 bridgehead atoms.